The summed E-state index contributed by atoms with van der Waals surface area (Å²) >= 11 is 9.58. The summed E-state index contributed by atoms with van der Waals surface area (Å²) in [6.45, 7) is 1.38. The Bertz CT molecular complexity index is 408. The zero-order valence-corrected chi connectivity index (χ0v) is 11.7. The van der Waals surface area contributed by atoms with Gasteiger partial charge in [0.25, 0.3) is 0 Å². The number of methoxy groups -OCH3 is 1. The maximum absolute atomic E-state index is 13.4. The molecule has 0 N–H and O–H groups in total. The van der Waals surface area contributed by atoms with E-state index in [1.54, 1.807) is 6.07 Å². The Morgan fingerprint density at radius 2 is 2.35 bits per heavy atom. The molecule has 1 saturated heterocycles. The molecule has 0 saturated carbocycles. The van der Waals surface area contributed by atoms with Crippen molar-refractivity contribution < 1.29 is 13.9 Å². The van der Waals surface area contributed by atoms with Crippen molar-refractivity contribution in [3.05, 3.63) is 28.0 Å². The van der Waals surface area contributed by atoms with E-state index in [1.807, 2.05) is 0 Å². The molecule has 1 heterocycles. The molecular weight excluding hydrogens is 310 g/mol. The van der Waals surface area contributed by atoms with Crippen molar-refractivity contribution in [1.29, 1.82) is 0 Å². The first-order chi connectivity index (χ1) is 8.13. The van der Waals surface area contributed by atoms with Crippen LogP contribution in [0.2, 0.25) is 0 Å². The number of rotatable bonds is 3. The second kappa shape index (κ2) is 5.55. The summed E-state index contributed by atoms with van der Waals surface area (Å²) in [5.74, 6) is 0.387. The molecule has 0 amide bonds. The maximum atomic E-state index is 13.4. The molecular formula is C12H13BrClFO2. The van der Waals surface area contributed by atoms with E-state index in [0.29, 0.717) is 16.8 Å². The quantitative estimate of drug-likeness (QED) is 0.785. The maximum Gasteiger partial charge on any atom is 0.141 e. The zero-order chi connectivity index (χ0) is 12.4. The highest BCUT2D eigenvalue weighted by Gasteiger charge is 2.28. The topological polar surface area (TPSA) is 18.5 Å². The summed E-state index contributed by atoms with van der Waals surface area (Å²) in [7, 11) is 1.51. The standard InChI is InChI=1S/C12H13BrClFO2/c1-16-11-5-10(15)9(13)4-8(11)12(14)7-2-3-17-6-7/h4-5,7,12H,2-3,6H2,1H3. The summed E-state index contributed by atoms with van der Waals surface area (Å²) < 4.78 is 24.3. The van der Waals surface area contributed by atoms with Gasteiger partial charge in [0.1, 0.15) is 11.6 Å². The first-order valence-corrected chi connectivity index (χ1v) is 6.61. The molecule has 1 aromatic rings. The van der Waals surface area contributed by atoms with Gasteiger partial charge in [-0.15, -0.1) is 11.6 Å². The Kier molecular flexibility index (Phi) is 4.28. The normalized spacial score (nSPS) is 21.5. The van der Waals surface area contributed by atoms with Crippen molar-refractivity contribution in [2.24, 2.45) is 5.92 Å². The largest absolute Gasteiger partial charge is 0.496 e. The van der Waals surface area contributed by atoms with E-state index in [2.05, 4.69) is 15.9 Å². The summed E-state index contributed by atoms with van der Waals surface area (Å²) in [5.41, 5.74) is 0.804. The highest BCUT2D eigenvalue weighted by molar-refractivity contribution is 9.10. The van der Waals surface area contributed by atoms with E-state index in [0.717, 1.165) is 18.6 Å². The Labute approximate surface area is 113 Å². The molecule has 2 atom stereocenters. The average Bonchev–Trinajstić information content (AvgIpc) is 2.84. The van der Waals surface area contributed by atoms with Crippen LogP contribution in [0.3, 0.4) is 0 Å². The van der Waals surface area contributed by atoms with E-state index in [4.69, 9.17) is 21.1 Å². The van der Waals surface area contributed by atoms with E-state index in [9.17, 15) is 4.39 Å². The fourth-order valence-corrected chi connectivity index (χ4v) is 2.70. The van der Waals surface area contributed by atoms with Gasteiger partial charge >= 0.3 is 0 Å². The highest BCUT2D eigenvalue weighted by atomic mass is 79.9. The van der Waals surface area contributed by atoms with Crippen LogP contribution in [0.5, 0.6) is 5.75 Å². The Morgan fingerprint density at radius 1 is 1.59 bits per heavy atom. The molecule has 0 aliphatic carbocycles. The monoisotopic (exact) mass is 322 g/mol. The van der Waals surface area contributed by atoms with Gasteiger partial charge in [0.2, 0.25) is 0 Å². The fraction of sp³-hybridized carbons (Fsp3) is 0.500. The first kappa shape index (κ1) is 13.1. The van der Waals surface area contributed by atoms with Gasteiger partial charge in [-0.3, -0.25) is 0 Å². The number of hydrogen-bond donors (Lipinski definition) is 0. The summed E-state index contributed by atoms with van der Waals surface area (Å²) in [5, 5.41) is -0.218. The van der Waals surface area contributed by atoms with Crippen molar-refractivity contribution >= 4 is 27.5 Å². The smallest absolute Gasteiger partial charge is 0.141 e. The molecule has 94 valence electrons. The lowest BCUT2D eigenvalue weighted by molar-refractivity contribution is 0.185. The van der Waals surface area contributed by atoms with Gasteiger partial charge in [0, 0.05) is 24.2 Å². The van der Waals surface area contributed by atoms with E-state index < -0.39 is 0 Å². The minimum atomic E-state index is -0.350. The van der Waals surface area contributed by atoms with E-state index in [-0.39, 0.29) is 17.1 Å². The lowest BCUT2D eigenvalue weighted by Gasteiger charge is -2.19. The predicted molar refractivity (Wildman–Crippen MR) is 68.2 cm³/mol. The third kappa shape index (κ3) is 2.75. The molecule has 0 spiro atoms. The first-order valence-electron chi connectivity index (χ1n) is 5.38. The van der Waals surface area contributed by atoms with Gasteiger partial charge in [-0.1, -0.05) is 0 Å². The molecule has 0 bridgehead atoms. The molecule has 1 aliphatic rings. The molecule has 5 heteroatoms. The van der Waals surface area contributed by atoms with Gasteiger partial charge < -0.3 is 9.47 Å². The van der Waals surface area contributed by atoms with Crippen molar-refractivity contribution in [2.45, 2.75) is 11.8 Å². The van der Waals surface area contributed by atoms with Gasteiger partial charge in [-0.05, 0) is 28.4 Å². The SMILES string of the molecule is COc1cc(F)c(Br)cc1C(Cl)C1CCOC1. The van der Waals surface area contributed by atoms with Gasteiger partial charge in [0.05, 0.1) is 23.6 Å². The van der Waals surface area contributed by atoms with Crippen LogP contribution in [0.4, 0.5) is 4.39 Å². The van der Waals surface area contributed by atoms with Crippen LogP contribution >= 0.6 is 27.5 Å². The van der Waals surface area contributed by atoms with Crippen molar-refractivity contribution in [2.75, 3.05) is 20.3 Å². The third-order valence-electron chi connectivity index (χ3n) is 2.95. The Morgan fingerprint density at radius 3 is 2.94 bits per heavy atom. The Balaban J connectivity index is 2.32. The third-order valence-corrected chi connectivity index (χ3v) is 4.15. The predicted octanol–water partition coefficient (Wildman–Crippen LogP) is 3.91. The molecule has 0 aromatic heterocycles. The number of benzene rings is 1. The zero-order valence-electron chi connectivity index (χ0n) is 9.38. The Hall–Kier alpha value is -0.320. The fourth-order valence-electron chi connectivity index (χ4n) is 1.97. The lowest BCUT2D eigenvalue weighted by atomic mass is 9.97. The lowest BCUT2D eigenvalue weighted by Crippen LogP contribution is -2.09. The van der Waals surface area contributed by atoms with Crippen LogP contribution in [0.15, 0.2) is 16.6 Å². The second-order valence-corrected chi connectivity index (χ2v) is 5.36. The van der Waals surface area contributed by atoms with Crippen LogP contribution in [0.1, 0.15) is 17.4 Å². The molecule has 2 unspecified atom stereocenters. The highest BCUT2D eigenvalue weighted by Crippen LogP contribution is 2.40. The average molecular weight is 324 g/mol. The van der Waals surface area contributed by atoms with Gasteiger partial charge in [-0.2, -0.15) is 0 Å². The molecule has 1 aromatic carbocycles. The van der Waals surface area contributed by atoms with Gasteiger partial charge in [0.15, 0.2) is 0 Å². The van der Waals surface area contributed by atoms with Crippen molar-refractivity contribution in [3.8, 4) is 5.75 Å². The molecule has 0 radical (unpaired) electrons. The molecule has 2 rings (SSSR count). The minimum Gasteiger partial charge on any atom is -0.496 e. The number of hydrogen-bond acceptors (Lipinski definition) is 2. The van der Waals surface area contributed by atoms with E-state index >= 15 is 0 Å². The number of halogens is 3. The molecule has 1 fully saturated rings. The summed E-state index contributed by atoms with van der Waals surface area (Å²) in [4.78, 5) is 0. The van der Waals surface area contributed by atoms with Crippen LogP contribution in [0, 0.1) is 11.7 Å². The molecule has 17 heavy (non-hydrogen) atoms. The van der Waals surface area contributed by atoms with Crippen molar-refractivity contribution in [1.82, 2.24) is 0 Å². The minimum absolute atomic E-state index is 0.218. The van der Waals surface area contributed by atoms with Crippen LogP contribution in [-0.2, 0) is 4.74 Å². The van der Waals surface area contributed by atoms with Crippen LogP contribution in [0.25, 0.3) is 0 Å². The summed E-state index contributed by atoms with van der Waals surface area (Å²) in [6.07, 6.45) is 0.923. The number of alkyl halides is 1. The molecule has 2 nitrogen and oxygen atoms in total. The molecule has 1 aliphatic heterocycles. The van der Waals surface area contributed by atoms with Crippen LogP contribution < -0.4 is 4.74 Å². The van der Waals surface area contributed by atoms with Crippen LogP contribution in [-0.4, -0.2) is 20.3 Å². The summed E-state index contributed by atoms with van der Waals surface area (Å²) in [6, 6.07) is 3.04. The second-order valence-electron chi connectivity index (χ2n) is 4.03. The van der Waals surface area contributed by atoms with E-state index in [1.165, 1.54) is 13.2 Å². The number of ether oxygens (including phenoxy) is 2. The van der Waals surface area contributed by atoms with Gasteiger partial charge in [-0.25, -0.2) is 4.39 Å². The van der Waals surface area contributed by atoms with Crippen molar-refractivity contribution in [3.63, 3.8) is 0 Å².